The average molecular weight is 256 g/mol. The van der Waals surface area contributed by atoms with Crippen molar-refractivity contribution in [1.82, 2.24) is 0 Å². The summed E-state index contributed by atoms with van der Waals surface area (Å²) in [6.45, 7) is 2.17. The van der Waals surface area contributed by atoms with Crippen LogP contribution in [0, 0.1) is 5.92 Å². The second-order valence-corrected chi connectivity index (χ2v) is 5.20. The molecule has 1 aliphatic rings. The summed E-state index contributed by atoms with van der Waals surface area (Å²) in [5, 5.41) is 8.90. The fourth-order valence-corrected chi connectivity index (χ4v) is 2.49. The van der Waals surface area contributed by atoms with Gasteiger partial charge >= 0.3 is 5.97 Å². The zero-order chi connectivity index (χ0) is 13.7. The van der Waals surface area contributed by atoms with E-state index < -0.39 is 5.97 Å². The van der Waals surface area contributed by atoms with Crippen LogP contribution in [-0.2, 0) is 17.6 Å². The van der Waals surface area contributed by atoms with Gasteiger partial charge in [0.05, 0.1) is 6.42 Å². The number of aliphatic carboxylic acids is 1. The van der Waals surface area contributed by atoms with Gasteiger partial charge in [-0.1, -0.05) is 49.4 Å². The molecular formula is C17H20O2. The molecule has 0 saturated carbocycles. The summed E-state index contributed by atoms with van der Waals surface area (Å²) in [7, 11) is 0. The molecule has 0 spiro atoms. The molecule has 0 amide bonds. The Labute approximate surface area is 114 Å². The third-order valence-corrected chi connectivity index (χ3v) is 3.47. The molecule has 1 aromatic rings. The van der Waals surface area contributed by atoms with E-state index in [1.165, 1.54) is 11.1 Å². The van der Waals surface area contributed by atoms with Gasteiger partial charge in [0.1, 0.15) is 0 Å². The van der Waals surface area contributed by atoms with Crippen molar-refractivity contribution in [3.05, 3.63) is 59.2 Å². The number of aryl methyl sites for hydroxylation is 1. The predicted octanol–water partition coefficient (Wildman–Crippen LogP) is 3.77. The predicted molar refractivity (Wildman–Crippen MR) is 77.1 cm³/mol. The number of allylic oxidation sites excluding steroid dienone is 3. The van der Waals surface area contributed by atoms with Crippen LogP contribution in [0.3, 0.4) is 0 Å². The number of hydrogen-bond acceptors (Lipinski definition) is 1. The van der Waals surface area contributed by atoms with E-state index >= 15 is 0 Å². The van der Waals surface area contributed by atoms with Gasteiger partial charge in [-0.2, -0.15) is 0 Å². The number of rotatable bonds is 2. The number of fused-ring (bicyclic) bond motifs is 1. The van der Waals surface area contributed by atoms with Crippen LogP contribution in [0.25, 0.3) is 0 Å². The Balaban J connectivity index is 2.23. The summed E-state index contributed by atoms with van der Waals surface area (Å²) in [6.07, 6.45) is 9.18. The maximum absolute atomic E-state index is 10.8. The molecule has 2 heteroatoms. The van der Waals surface area contributed by atoms with Crippen molar-refractivity contribution >= 4 is 5.97 Å². The monoisotopic (exact) mass is 256 g/mol. The Kier molecular flexibility index (Phi) is 4.56. The normalized spacial score (nSPS) is 23.8. The summed E-state index contributed by atoms with van der Waals surface area (Å²) < 4.78 is 0. The minimum Gasteiger partial charge on any atom is -0.481 e. The molecule has 1 aliphatic carbocycles. The van der Waals surface area contributed by atoms with Crippen molar-refractivity contribution < 1.29 is 9.90 Å². The molecule has 1 atom stereocenters. The standard InChI is InChI=1S/C17H20O2/c1-13-9-10-14(12-17(18)19)5-4-8-15-6-2-3-7-16(15)11-13/h2-3,5-7,9-10,13H,4,8,11-12H2,1H3,(H,18,19)/b10-9-,14-5+. The van der Waals surface area contributed by atoms with E-state index in [1.807, 2.05) is 6.08 Å². The minimum absolute atomic E-state index is 0.116. The number of carbonyl (C=O) groups is 1. The first-order chi connectivity index (χ1) is 9.15. The quantitative estimate of drug-likeness (QED) is 0.874. The van der Waals surface area contributed by atoms with Gasteiger partial charge in [-0.15, -0.1) is 0 Å². The van der Waals surface area contributed by atoms with Crippen LogP contribution in [-0.4, -0.2) is 11.1 Å². The van der Waals surface area contributed by atoms with E-state index in [4.69, 9.17) is 5.11 Å². The first-order valence-corrected chi connectivity index (χ1v) is 6.81. The number of carboxylic acids is 1. The van der Waals surface area contributed by atoms with Crippen LogP contribution in [0.15, 0.2) is 48.1 Å². The van der Waals surface area contributed by atoms with Crippen molar-refractivity contribution in [2.24, 2.45) is 5.92 Å². The van der Waals surface area contributed by atoms with Crippen LogP contribution in [0.2, 0.25) is 0 Å². The summed E-state index contributed by atoms with van der Waals surface area (Å²) in [6, 6.07) is 8.54. The van der Waals surface area contributed by atoms with Crippen molar-refractivity contribution in [3.63, 3.8) is 0 Å². The Hall–Kier alpha value is -1.83. The molecule has 1 aromatic carbocycles. The van der Waals surface area contributed by atoms with E-state index in [0.717, 1.165) is 24.8 Å². The summed E-state index contributed by atoms with van der Waals surface area (Å²) in [5.41, 5.74) is 3.71. The number of carboxylic acid groups (broad SMARTS) is 1. The van der Waals surface area contributed by atoms with Crippen LogP contribution < -0.4 is 0 Å². The Morgan fingerprint density at radius 1 is 1.32 bits per heavy atom. The first kappa shape index (κ1) is 13.6. The van der Waals surface area contributed by atoms with E-state index in [2.05, 4.69) is 43.3 Å². The Bertz CT molecular complexity index is 512. The summed E-state index contributed by atoms with van der Waals surface area (Å²) in [4.78, 5) is 10.8. The van der Waals surface area contributed by atoms with Crippen molar-refractivity contribution in [2.75, 3.05) is 0 Å². The highest BCUT2D eigenvalue weighted by Gasteiger charge is 2.08. The van der Waals surface area contributed by atoms with Gasteiger partial charge < -0.3 is 5.11 Å². The topological polar surface area (TPSA) is 37.3 Å². The highest BCUT2D eigenvalue weighted by atomic mass is 16.4. The highest BCUT2D eigenvalue weighted by Crippen LogP contribution is 2.20. The Morgan fingerprint density at radius 3 is 2.79 bits per heavy atom. The molecule has 0 heterocycles. The second kappa shape index (κ2) is 6.37. The molecule has 1 unspecified atom stereocenters. The lowest BCUT2D eigenvalue weighted by Crippen LogP contribution is -2.03. The van der Waals surface area contributed by atoms with E-state index in [9.17, 15) is 4.79 Å². The van der Waals surface area contributed by atoms with Crippen LogP contribution in [0.4, 0.5) is 0 Å². The zero-order valence-electron chi connectivity index (χ0n) is 11.3. The molecule has 1 N–H and O–H groups in total. The molecule has 0 saturated heterocycles. The van der Waals surface area contributed by atoms with Crippen LogP contribution >= 0.6 is 0 Å². The zero-order valence-corrected chi connectivity index (χ0v) is 11.3. The van der Waals surface area contributed by atoms with E-state index in [-0.39, 0.29) is 6.42 Å². The van der Waals surface area contributed by atoms with Crippen molar-refractivity contribution in [2.45, 2.75) is 32.6 Å². The third kappa shape index (κ3) is 4.09. The van der Waals surface area contributed by atoms with E-state index in [1.54, 1.807) is 0 Å². The van der Waals surface area contributed by atoms with Gasteiger partial charge in [-0.3, -0.25) is 4.79 Å². The number of benzene rings is 1. The lowest BCUT2D eigenvalue weighted by atomic mass is 9.92. The molecule has 2 nitrogen and oxygen atoms in total. The van der Waals surface area contributed by atoms with Gasteiger partial charge in [-0.05, 0) is 41.9 Å². The summed E-state index contributed by atoms with van der Waals surface area (Å²) in [5.74, 6) is -0.336. The summed E-state index contributed by atoms with van der Waals surface area (Å²) >= 11 is 0. The molecule has 19 heavy (non-hydrogen) atoms. The minimum atomic E-state index is -0.763. The lowest BCUT2D eigenvalue weighted by Gasteiger charge is -2.13. The van der Waals surface area contributed by atoms with Crippen molar-refractivity contribution in [1.29, 1.82) is 0 Å². The molecule has 0 aliphatic heterocycles. The molecule has 100 valence electrons. The average Bonchev–Trinajstić information content (AvgIpc) is 2.37. The van der Waals surface area contributed by atoms with Gasteiger partial charge in [0.25, 0.3) is 0 Å². The van der Waals surface area contributed by atoms with Gasteiger partial charge in [0.2, 0.25) is 0 Å². The molecule has 0 bridgehead atoms. The molecule has 0 fully saturated rings. The first-order valence-electron chi connectivity index (χ1n) is 6.81. The van der Waals surface area contributed by atoms with Gasteiger partial charge in [0, 0.05) is 0 Å². The smallest absolute Gasteiger partial charge is 0.307 e. The molecule has 0 radical (unpaired) electrons. The molecular weight excluding hydrogens is 236 g/mol. The van der Waals surface area contributed by atoms with Crippen LogP contribution in [0.5, 0.6) is 0 Å². The van der Waals surface area contributed by atoms with Gasteiger partial charge in [-0.25, -0.2) is 0 Å². The fourth-order valence-electron chi connectivity index (χ4n) is 2.49. The second-order valence-electron chi connectivity index (χ2n) is 5.20. The molecule has 2 rings (SSSR count). The lowest BCUT2D eigenvalue weighted by molar-refractivity contribution is -0.136. The third-order valence-electron chi connectivity index (χ3n) is 3.47. The maximum atomic E-state index is 10.8. The number of hydrogen-bond donors (Lipinski definition) is 1. The Morgan fingerprint density at radius 2 is 2.05 bits per heavy atom. The largest absolute Gasteiger partial charge is 0.481 e. The highest BCUT2D eigenvalue weighted by molar-refractivity contribution is 5.70. The van der Waals surface area contributed by atoms with Gasteiger partial charge in [0.15, 0.2) is 0 Å². The van der Waals surface area contributed by atoms with Crippen LogP contribution in [0.1, 0.15) is 30.9 Å². The fraction of sp³-hybridized carbons (Fsp3) is 0.353. The SMILES string of the molecule is CC1/C=C\C(CC(=O)O)=C/CCc2ccccc2C1. The maximum Gasteiger partial charge on any atom is 0.307 e. The van der Waals surface area contributed by atoms with Crippen molar-refractivity contribution in [3.8, 4) is 0 Å². The van der Waals surface area contributed by atoms with E-state index in [0.29, 0.717) is 5.92 Å². The molecule has 0 aromatic heterocycles.